The molecule has 0 unspecified atom stereocenters. The summed E-state index contributed by atoms with van der Waals surface area (Å²) in [5.41, 5.74) is 1.02. The van der Waals surface area contributed by atoms with Crippen molar-refractivity contribution >= 4 is 23.6 Å². The van der Waals surface area contributed by atoms with Crippen molar-refractivity contribution in [3.05, 3.63) is 59.7 Å². The molecule has 0 aliphatic rings. The van der Waals surface area contributed by atoms with Gasteiger partial charge in [0.15, 0.2) is 0 Å². The molecule has 0 heterocycles. The van der Waals surface area contributed by atoms with Crippen LogP contribution in [0.15, 0.2) is 48.5 Å². The lowest BCUT2D eigenvalue weighted by atomic mass is 10.1. The molecule has 0 bridgehead atoms. The van der Waals surface area contributed by atoms with Gasteiger partial charge in [0.2, 0.25) is 5.91 Å². The number of carbonyl (C=O) groups excluding carboxylic acids is 3. The number of para-hydroxylation sites is 2. The van der Waals surface area contributed by atoms with E-state index in [9.17, 15) is 14.4 Å². The third-order valence-corrected chi connectivity index (χ3v) is 3.87. The molecule has 8 nitrogen and oxygen atoms in total. The van der Waals surface area contributed by atoms with Crippen molar-refractivity contribution in [3.8, 4) is 5.75 Å². The zero-order valence-electron chi connectivity index (χ0n) is 17.6. The van der Waals surface area contributed by atoms with E-state index in [4.69, 9.17) is 9.47 Å². The Labute approximate surface area is 175 Å². The quantitative estimate of drug-likeness (QED) is 0.647. The molecule has 2 aromatic rings. The Morgan fingerprint density at radius 1 is 0.933 bits per heavy atom. The number of hydrogen-bond acceptors (Lipinski definition) is 5. The second-order valence-corrected chi connectivity index (χ2v) is 7.44. The summed E-state index contributed by atoms with van der Waals surface area (Å²) in [6.45, 7) is 5.18. The number of ether oxygens (including phenoxy) is 2. The van der Waals surface area contributed by atoms with Gasteiger partial charge in [-0.3, -0.25) is 9.59 Å². The molecule has 0 aliphatic carbocycles. The lowest BCUT2D eigenvalue weighted by Crippen LogP contribution is -2.37. The Kier molecular flexibility index (Phi) is 7.80. The molecule has 2 aromatic carbocycles. The van der Waals surface area contributed by atoms with Crippen molar-refractivity contribution in [3.63, 3.8) is 0 Å². The molecule has 3 N–H and O–H groups in total. The molecular weight excluding hydrogens is 386 g/mol. The molecule has 0 aliphatic heterocycles. The van der Waals surface area contributed by atoms with E-state index in [1.807, 2.05) is 0 Å². The smallest absolute Gasteiger partial charge is 0.408 e. The van der Waals surface area contributed by atoms with Crippen LogP contribution in [0.25, 0.3) is 0 Å². The number of methoxy groups -OCH3 is 1. The minimum atomic E-state index is -0.671. The van der Waals surface area contributed by atoms with Crippen LogP contribution in [0.1, 0.15) is 36.7 Å². The molecule has 30 heavy (non-hydrogen) atoms. The molecule has 160 valence electrons. The van der Waals surface area contributed by atoms with E-state index in [0.29, 0.717) is 22.6 Å². The zero-order chi connectivity index (χ0) is 22.1. The van der Waals surface area contributed by atoms with Gasteiger partial charge in [0.05, 0.1) is 12.7 Å². The van der Waals surface area contributed by atoms with Crippen LogP contribution in [0.3, 0.4) is 0 Å². The predicted molar refractivity (Wildman–Crippen MR) is 113 cm³/mol. The molecule has 3 amide bonds. The third kappa shape index (κ3) is 7.12. The second-order valence-electron chi connectivity index (χ2n) is 7.44. The fourth-order valence-corrected chi connectivity index (χ4v) is 2.56. The molecule has 2 rings (SSSR count). The van der Waals surface area contributed by atoms with Crippen molar-refractivity contribution in [2.75, 3.05) is 19.0 Å². The number of amides is 3. The standard InChI is InChI=1S/C22H27N3O5/c1-22(2,3)30-21(28)24-14-19(26)25-17-11-7-5-9-15(17)13-23-20(27)16-10-6-8-12-18(16)29-4/h5-12H,13-14H2,1-4H3,(H,23,27)(H,24,28)(H,25,26). The average molecular weight is 413 g/mol. The van der Waals surface area contributed by atoms with Crippen molar-refractivity contribution in [1.29, 1.82) is 0 Å². The first-order valence-corrected chi connectivity index (χ1v) is 9.45. The Hall–Kier alpha value is -3.55. The number of benzene rings is 2. The van der Waals surface area contributed by atoms with Crippen molar-refractivity contribution in [2.45, 2.75) is 32.9 Å². The maximum atomic E-state index is 12.5. The van der Waals surface area contributed by atoms with E-state index in [2.05, 4.69) is 16.0 Å². The monoisotopic (exact) mass is 413 g/mol. The maximum Gasteiger partial charge on any atom is 0.408 e. The van der Waals surface area contributed by atoms with E-state index < -0.39 is 17.6 Å². The topological polar surface area (TPSA) is 106 Å². The van der Waals surface area contributed by atoms with Gasteiger partial charge >= 0.3 is 6.09 Å². The number of rotatable bonds is 7. The van der Waals surface area contributed by atoms with Crippen molar-refractivity contribution < 1.29 is 23.9 Å². The van der Waals surface area contributed by atoms with E-state index in [0.717, 1.165) is 0 Å². The van der Waals surface area contributed by atoms with Gasteiger partial charge in [0.1, 0.15) is 17.9 Å². The number of carbonyl (C=O) groups is 3. The lowest BCUT2D eigenvalue weighted by Gasteiger charge is -2.19. The first-order chi connectivity index (χ1) is 14.2. The summed E-state index contributed by atoms with van der Waals surface area (Å²) in [5.74, 6) is -0.227. The summed E-state index contributed by atoms with van der Waals surface area (Å²) in [6.07, 6.45) is -0.671. The number of alkyl carbamates (subject to hydrolysis) is 1. The van der Waals surface area contributed by atoms with E-state index in [1.165, 1.54) is 7.11 Å². The summed E-state index contributed by atoms with van der Waals surface area (Å²) < 4.78 is 10.3. The van der Waals surface area contributed by atoms with Crippen LogP contribution < -0.4 is 20.7 Å². The molecule has 0 aromatic heterocycles. The Morgan fingerprint density at radius 2 is 1.60 bits per heavy atom. The Bertz CT molecular complexity index is 906. The highest BCUT2D eigenvalue weighted by Gasteiger charge is 2.17. The van der Waals surface area contributed by atoms with Gasteiger partial charge < -0.3 is 25.4 Å². The Morgan fingerprint density at radius 3 is 2.30 bits per heavy atom. The Balaban J connectivity index is 1.95. The average Bonchev–Trinajstić information content (AvgIpc) is 2.70. The van der Waals surface area contributed by atoms with E-state index >= 15 is 0 Å². The summed E-state index contributed by atoms with van der Waals surface area (Å²) in [7, 11) is 1.50. The van der Waals surface area contributed by atoms with Gasteiger partial charge in [-0.1, -0.05) is 30.3 Å². The number of nitrogens with one attached hydrogen (secondary N) is 3. The molecule has 0 saturated heterocycles. The van der Waals surface area contributed by atoms with Gasteiger partial charge in [-0.2, -0.15) is 0 Å². The van der Waals surface area contributed by atoms with Crippen LogP contribution in [0, 0.1) is 0 Å². The summed E-state index contributed by atoms with van der Waals surface area (Å²) in [4.78, 5) is 36.4. The zero-order valence-corrected chi connectivity index (χ0v) is 17.6. The fraction of sp³-hybridized carbons (Fsp3) is 0.318. The highest BCUT2D eigenvalue weighted by Crippen LogP contribution is 2.18. The van der Waals surface area contributed by atoms with Crippen molar-refractivity contribution in [1.82, 2.24) is 10.6 Å². The lowest BCUT2D eigenvalue weighted by molar-refractivity contribution is -0.115. The van der Waals surface area contributed by atoms with Gasteiger partial charge in [0.25, 0.3) is 5.91 Å². The molecule has 0 spiro atoms. The second kappa shape index (κ2) is 10.3. The minimum Gasteiger partial charge on any atom is -0.496 e. The molecule has 0 fully saturated rings. The van der Waals surface area contributed by atoms with Gasteiger partial charge in [-0.05, 0) is 44.5 Å². The van der Waals surface area contributed by atoms with Crippen LogP contribution in [0.2, 0.25) is 0 Å². The van der Waals surface area contributed by atoms with Crippen LogP contribution in [0.5, 0.6) is 5.75 Å². The maximum absolute atomic E-state index is 12.5. The van der Waals surface area contributed by atoms with Gasteiger partial charge in [0, 0.05) is 12.2 Å². The largest absolute Gasteiger partial charge is 0.496 e. The predicted octanol–water partition coefficient (Wildman–Crippen LogP) is 3.09. The molecule has 0 radical (unpaired) electrons. The highest BCUT2D eigenvalue weighted by atomic mass is 16.6. The summed E-state index contributed by atoms with van der Waals surface area (Å²) in [5, 5.41) is 7.96. The normalized spacial score (nSPS) is 10.7. The van der Waals surface area contributed by atoms with Crippen LogP contribution in [-0.2, 0) is 16.1 Å². The number of hydrogen-bond donors (Lipinski definition) is 3. The number of anilines is 1. The summed E-state index contributed by atoms with van der Waals surface area (Å²) >= 11 is 0. The highest BCUT2D eigenvalue weighted by molar-refractivity contribution is 5.97. The van der Waals surface area contributed by atoms with Gasteiger partial charge in [-0.15, -0.1) is 0 Å². The molecule has 8 heteroatoms. The van der Waals surface area contributed by atoms with E-state index in [-0.39, 0.29) is 19.0 Å². The van der Waals surface area contributed by atoms with Gasteiger partial charge in [-0.25, -0.2) is 4.79 Å². The SMILES string of the molecule is COc1ccccc1C(=O)NCc1ccccc1NC(=O)CNC(=O)OC(C)(C)C. The molecular formula is C22H27N3O5. The first-order valence-electron chi connectivity index (χ1n) is 9.45. The summed E-state index contributed by atoms with van der Waals surface area (Å²) in [6, 6.07) is 14.0. The van der Waals surface area contributed by atoms with Crippen LogP contribution in [0.4, 0.5) is 10.5 Å². The van der Waals surface area contributed by atoms with Crippen molar-refractivity contribution in [2.24, 2.45) is 0 Å². The molecule has 0 saturated carbocycles. The third-order valence-electron chi connectivity index (χ3n) is 3.87. The van der Waals surface area contributed by atoms with E-state index in [1.54, 1.807) is 69.3 Å². The van der Waals surface area contributed by atoms with Crippen LogP contribution in [-0.4, -0.2) is 37.2 Å². The fourth-order valence-electron chi connectivity index (χ4n) is 2.56. The molecule has 0 atom stereocenters. The first kappa shape index (κ1) is 22.7. The van der Waals surface area contributed by atoms with Crippen LogP contribution >= 0.6 is 0 Å². The minimum absolute atomic E-state index is 0.201.